The Balaban J connectivity index is 1.72. The SMILES string of the molecule is O=C(O)NCC12CC3CC(CC(C3)C1)C2. The second-order valence-corrected chi connectivity index (χ2v) is 6.08. The van der Waals surface area contributed by atoms with E-state index >= 15 is 0 Å². The second kappa shape index (κ2) is 3.13. The van der Waals surface area contributed by atoms with Crippen molar-refractivity contribution in [1.29, 1.82) is 0 Å². The van der Waals surface area contributed by atoms with Gasteiger partial charge in [-0.1, -0.05) is 0 Å². The van der Waals surface area contributed by atoms with E-state index in [9.17, 15) is 4.79 Å². The van der Waals surface area contributed by atoms with Gasteiger partial charge in [0.15, 0.2) is 0 Å². The Hall–Kier alpha value is -0.730. The van der Waals surface area contributed by atoms with Crippen molar-refractivity contribution in [2.45, 2.75) is 38.5 Å². The molecule has 15 heavy (non-hydrogen) atoms. The molecule has 0 aromatic carbocycles. The molecule has 3 nitrogen and oxygen atoms in total. The van der Waals surface area contributed by atoms with Crippen LogP contribution in [-0.4, -0.2) is 17.7 Å². The summed E-state index contributed by atoms with van der Waals surface area (Å²) < 4.78 is 0. The third-order valence-corrected chi connectivity index (χ3v) is 4.78. The van der Waals surface area contributed by atoms with E-state index in [1.165, 1.54) is 38.5 Å². The molecular formula is C12H19NO2. The van der Waals surface area contributed by atoms with E-state index in [-0.39, 0.29) is 0 Å². The summed E-state index contributed by atoms with van der Waals surface area (Å²) in [6.07, 6.45) is 7.24. The summed E-state index contributed by atoms with van der Waals surface area (Å²) in [6, 6.07) is 0. The van der Waals surface area contributed by atoms with Gasteiger partial charge in [-0.05, 0) is 61.7 Å². The van der Waals surface area contributed by atoms with E-state index in [0.29, 0.717) is 12.0 Å². The highest BCUT2D eigenvalue weighted by molar-refractivity contribution is 5.64. The molecule has 84 valence electrons. The molecule has 1 amide bonds. The Labute approximate surface area is 90.2 Å². The standard InChI is InChI=1S/C12H19NO2/c14-11(15)13-7-12-4-8-1-9(5-12)3-10(2-8)6-12/h8-10,13H,1-7H2,(H,14,15). The van der Waals surface area contributed by atoms with Crippen LogP contribution in [0.15, 0.2) is 0 Å². The van der Waals surface area contributed by atoms with Crippen LogP contribution < -0.4 is 5.32 Å². The molecule has 3 heteroatoms. The minimum absolute atomic E-state index is 0.340. The fraction of sp³-hybridized carbons (Fsp3) is 0.917. The lowest BCUT2D eigenvalue weighted by Gasteiger charge is -2.56. The van der Waals surface area contributed by atoms with E-state index in [4.69, 9.17) is 5.11 Å². The van der Waals surface area contributed by atoms with Gasteiger partial charge in [0, 0.05) is 6.54 Å². The van der Waals surface area contributed by atoms with Crippen molar-refractivity contribution in [3.8, 4) is 0 Å². The summed E-state index contributed by atoms with van der Waals surface area (Å²) >= 11 is 0. The monoisotopic (exact) mass is 209 g/mol. The Kier molecular flexibility index (Phi) is 1.98. The lowest BCUT2D eigenvalue weighted by Crippen LogP contribution is -2.51. The van der Waals surface area contributed by atoms with Crippen molar-refractivity contribution in [2.24, 2.45) is 23.2 Å². The maximum atomic E-state index is 10.6. The third kappa shape index (κ3) is 1.62. The van der Waals surface area contributed by atoms with Crippen LogP contribution in [0.25, 0.3) is 0 Å². The van der Waals surface area contributed by atoms with Crippen molar-refractivity contribution in [3.05, 3.63) is 0 Å². The molecule has 0 aliphatic heterocycles. The van der Waals surface area contributed by atoms with Gasteiger partial charge in [-0.25, -0.2) is 4.79 Å². The first kappa shape index (κ1) is 9.49. The minimum atomic E-state index is -0.856. The van der Waals surface area contributed by atoms with E-state index in [1.54, 1.807) is 0 Å². The van der Waals surface area contributed by atoms with Gasteiger partial charge >= 0.3 is 6.09 Å². The smallest absolute Gasteiger partial charge is 0.404 e. The van der Waals surface area contributed by atoms with Gasteiger partial charge < -0.3 is 10.4 Å². The van der Waals surface area contributed by atoms with E-state index in [2.05, 4.69) is 5.32 Å². The zero-order valence-corrected chi connectivity index (χ0v) is 9.04. The molecule has 0 aromatic rings. The van der Waals surface area contributed by atoms with E-state index in [0.717, 1.165) is 17.8 Å². The van der Waals surface area contributed by atoms with Gasteiger partial charge in [0.05, 0.1) is 0 Å². The van der Waals surface area contributed by atoms with E-state index in [1.807, 2.05) is 0 Å². The number of carboxylic acid groups (broad SMARTS) is 1. The molecule has 4 rings (SSSR count). The number of hydrogen-bond donors (Lipinski definition) is 2. The number of amides is 1. The normalized spacial score (nSPS) is 46.8. The first-order valence-corrected chi connectivity index (χ1v) is 6.12. The Morgan fingerprint density at radius 1 is 1.13 bits per heavy atom. The molecule has 0 spiro atoms. The highest BCUT2D eigenvalue weighted by Gasteiger charge is 2.50. The predicted octanol–water partition coefficient (Wildman–Crippen LogP) is 2.47. The number of rotatable bonds is 2. The maximum Gasteiger partial charge on any atom is 0.404 e. The first-order chi connectivity index (χ1) is 7.15. The van der Waals surface area contributed by atoms with E-state index < -0.39 is 6.09 Å². The fourth-order valence-corrected chi connectivity index (χ4v) is 4.77. The lowest BCUT2D eigenvalue weighted by molar-refractivity contribution is -0.0504. The molecule has 0 atom stereocenters. The Bertz CT molecular complexity index is 252. The highest BCUT2D eigenvalue weighted by Crippen LogP contribution is 2.59. The van der Waals surface area contributed by atoms with Gasteiger partial charge in [0.2, 0.25) is 0 Å². The number of carbonyl (C=O) groups is 1. The van der Waals surface area contributed by atoms with Gasteiger partial charge in [-0.2, -0.15) is 0 Å². The summed E-state index contributed by atoms with van der Waals surface area (Å²) in [5, 5.41) is 11.3. The average Bonchev–Trinajstić information content (AvgIpc) is 2.12. The fourth-order valence-electron chi connectivity index (χ4n) is 4.77. The number of hydrogen-bond acceptors (Lipinski definition) is 1. The predicted molar refractivity (Wildman–Crippen MR) is 56.6 cm³/mol. The van der Waals surface area contributed by atoms with Crippen LogP contribution in [0.2, 0.25) is 0 Å². The summed E-state index contributed by atoms with van der Waals surface area (Å²) in [7, 11) is 0. The molecule has 0 radical (unpaired) electrons. The lowest BCUT2D eigenvalue weighted by atomic mass is 9.49. The molecule has 0 aromatic heterocycles. The summed E-state index contributed by atoms with van der Waals surface area (Å²) in [5.41, 5.74) is 0.340. The second-order valence-electron chi connectivity index (χ2n) is 6.08. The molecule has 0 unspecified atom stereocenters. The quantitative estimate of drug-likeness (QED) is 0.734. The molecule has 4 saturated carbocycles. The minimum Gasteiger partial charge on any atom is -0.465 e. The van der Waals surface area contributed by atoms with Crippen LogP contribution >= 0.6 is 0 Å². The van der Waals surface area contributed by atoms with Crippen molar-refractivity contribution >= 4 is 6.09 Å². The van der Waals surface area contributed by atoms with Crippen LogP contribution in [0.3, 0.4) is 0 Å². The van der Waals surface area contributed by atoms with Crippen LogP contribution in [0, 0.1) is 23.2 Å². The summed E-state index contributed by atoms with van der Waals surface area (Å²) in [5.74, 6) is 2.73. The van der Waals surface area contributed by atoms with Crippen molar-refractivity contribution in [3.63, 3.8) is 0 Å². The topological polar surface area (TPSA) is 49.3 Å². The zero-order valence-electron chi connectivity index (χ0n) is 9.04. The molecule has 4 aliphatic carbocycles. The van der Waals surface area contributed by atoms with Crippen molar-refractivity contribution in [2.75, 3.05) is 6.54 Å². The Morgan fingerprint density at radius 2 is 1.60 bits per heavy atom. The molecule has 4 bridgehead atoms. The largest absolute Gasteiger partial charge is 0.465 e. The zero-order chi connectivity index (χ0) is 10.5. The maximum absolute atomic E-state index is 10.6. The molecule has 0 heterocycles. The van der Waals surface area contributed by atoms with Gasteiger partial charge in [-0.15, -0.1) is 0 Å². The molecular weight excluding hydrogens is 190 g/mol. The van der Waals surface area contributed by atoms with Crippen LogP contribution in [-0.2, 0) is 0 Å². The highest BCUT2D eigenvalue weighted by atomic mass is 16.4. The Morgan fingerprint density at radius 3 is 2.00 bits per heavy atom. The van der Waals surface area contributed by atoms with Gasteiger partial charge in [-0.3, -0.25) is 0 Å². The van der Waals surface area contributed by atoms with Gasteiger partial charge in [0.1, 0.15) is 0 Å². The van der Waals surface area contributed by atoms with Crippen LogP contribution in [0.4, 0.5) is 4.79 Å². The summed E-state index contributed by atoms with van der Waals surface area (Å²) in [4.78, 5) is 10.6. The van der Waals surface area contributed by atoms with Crippen molar-refractivity contribution in [1.82, 2.24) is 5.32 Å². The third-order valence-electron chi connectivity index (χ3n) is 4.78. The molecule has 2 N–H and O–H groups in total. The molecule has 0 saturated heterocycles. The average molecular weight is 209 g/mol. The van der Waals surface area contributed by atoms with Crippen LogP contribution in [0.5, 0.6) is 0 Å². The van der Waals surface area contributed by atoms with Gasteiger partial charge in [0.25, 0.3) is 0 Å². The molecule has 4 fully saturated rings. The summed E-state index contributed by atoms with van der Waals surface area (Å²) in [6.45, 7) is 0.700. The molecule has 4 aliphatic rings. The van der Waals surface area contributed by atoms with Crippen LogP contribution in [0.1, 0.15) is 38.5 Å². The number of nitrogens with one attached hydrogen (secondary N) is 1. The van der Waals surface area contributed by atoms with Crippen molar-refractivity contribution < 1.29 is 9.90 Å². The first-order valence-electron chi connectivity index (χ1n) is 6.12.